The number of nitrogens with zero attached hydrogens (tertiary/aromatic N) is 1. The first-order chi connectivity index (χ1) is 9.90. The maximum absolute atomic E-state index is 11.4. The normalized spacial score (nSPS) is 10.9. The van der Waals surface area contributed by atoms with Crippen LogP contribution in [0.5, 0.6) is 0 Å². The molecule has 1 N–H and O–H groups in total. The molecule has 2 rings (SSSR count). The number of nitrogens with one attached hydrogen (secondary N) is 1. The van der Waals surface area contributed by atoms with Gasteiger partial charge in [0.1, 0.15) is 6.07 Å². The highest BCUT2D eigenvalue weighted by Gasteiger charge is 2.06. The molecule has 108 valence electrons. The predicted molar refractivity (Wildman–Crippen MR) is 85.7 cm³/mol. The van der Waals surface area contributed by atoms with E-state index in [1.54, 1.807) is 30.3 Å². The molecule has 0 fully saturated rings. The van der Waals surface area contributed by atoms with Crippen LogP contribution in [0.3, 0.4) is 0 Å². The van der Waals surface area contributed by atoms with Crippen LogP contribution in [0.4, 0.5) is 5.69 Å². The van der Waals surface area contributed by atoms with Crippen LogP contribution in [-0.2, 0) is 16.4 Å². The third kappa shape index (κ3) is 4.06. The summed E-state index contributed by atoms with van der Waals surface area (Å²) in [5.74, 6) is 0. The average molecular weight is 365 g/mol. The summed E-state index contributed by atoms with van der Waals surface area (Å²) in [5.41, 5.74) is 2.24. The van der Waals surface area contributed by atoms with Gasteiger partial charge in [0.2, 0.25) is 0 Å². The monoisotopic (exact) mass is 364 g/mol. The van der Waals surface area contributed by atoms with E-state index in [0.29, 0.717) is 17.0 Å². The highest BCUT2D eigenvalue weighted by molar-refractivity contribution is 9.10. The molecule has 0 unspecified atom stereocenters. The molecule has 6 heteroatoms. The highest BCUT2D eigenvalue weighted by Crippen LogP contribution is 2.21. The summed E-state index contributed by atoms with van der Waals surface area (Å²) in [5, 5.41) is 12.3. The molecular formula is C15H13BrN2O2S. The number of nitriles is 1. The first kappa shape index (κ1) is 15.5. The Bertz CT molecular complexity index is 793. The number of rotatable bonds is 4. The van der Waals surface area contributed by atoms with E-state index in [1.807, 2.05) is 12.1 Å². The average Bonchev–Trinajstić information content (AvgIpc) is 2.45. The quantitative estimate of drug-likeness (QED) is 0.902. The van der Waals surface area contributed by atoms with Crippen molar-refractivity contribution in [2.75, 3.05) is 11.6 Å². The number of anilines is 1. The fourth-order valence-electron chi connectivity index (χ4n) is 1.81. The Kier molecular flexibility index (Phi) is 4.66. The molecule has 0 spiro atoms. The van der Waals surface area contributed by atoms with E-state index in [4.69, 9.17) is 5.26 Å². The van der Waals surface area contributed by atoms with E-state index in [-0.39, 0.29) is 0 Å². The standard InChI is InChI=1S/C15H13BrN2O2S/c1-21(19,20)14-5-2-11(3-6-14)10-18-15-7-4-13(16)8-12(15)9-17/h2-8,18H,10H2,1H3. The largest absolute Gasteiger partial charge is 0.380 e. The lowest BCUT2D eigenvalue weighted by molar-refractivity contribution is 0.602. The fourth-order valence-corrected chi connectivity index (χ4v) is 2.81. The number of halogens is 1. The highest BCUT2D eigenvalue weighted by atomic mass is 79.9. The van der Waals surface area contributed by atoms with Gasteiger partial charge in [-0.3, -0.25) is 0 Å². The van der Waals surface area contributed by atoms with Crippen molar-refractivity contribution in [3.63, 3.8) is 0 Å². The molecule has 4 nitrogen and oxygen atoms in total. The van der Waals surface area contributed by atoms with Gasteiger partial charge in [-0.2, -0.15) is 5.26 Å². The van der Waals surface area contributed by atoms with Crippen LogP contribution in [0.25, 0.3) is 0 Å². The second-order valence-corrected chi connectivity index (χ2v) is 7.50. The Morgan fingerprint density at radius 3 is 2.43 bits per heavy atom. The number of benzene rings is 2. The third-order valence-corrected chi connectivity index (χ3v) is 4.56. The Morgan fingerprint density at radius 1 is 1.19 bits per heavy atom. The molecule has 0 atom stereocenters. The van der Waals surface area contributed by atoms with E-state index in [9.17, 15) is 8.42 Å². The van der Waals surface area contributed by atoms with Gasteiger partial charge in [0.15, 0.2) is 9.84 Å². The van der Waals surface area contributed by atoms with Crippen molar-refractivity contribution in [3.05, 3.63) is 58.1 Å². The minimum Gasteiger partial charge on any atom is -0.380 e. The Morgan fingerprint density at radius 2 is 1.86 bits per heavy atom. The second-order valence-electron chi connectivity index (χ2n) is 4.57. The van der Waals surface area contributed by atoms with Crippen LogP contribution in [0, 0.1) is 11.3 Å². The maximum Gasteiger partial charge on any atom is 0.175 e. The third-order valence-electron chi connectivity index (χ3n) is 2.94. The van der Waals surface area contributed by atoms with Crippen LogP contribution < -0.4 is 5.32 Å². The van der Waals surface area contributed by atoms with Gasteiger partial charge in [0.25, 0.3) is 0 Å². The van der Waals surface area contributed by atoms with E-state index in [0.717, 1.165) is 15.7 Å². The molecular weight excluding hydrogens is 352 g/mol. The van der Waals surface area contributed by atoms with Gasteiger partial charge in [-0.25, -0.2) is 8.42 Å². The lowest BCUT2D eigenvalue weighted by Crippen LogP contribution is -2.02. The predicted octanol–water partition coefficient (Wildman–Crippen LogP) is 3.34. The van der Waals surface area contributed by atoms with Crippen LogP contribution >= 0.6 is 15.9 Å². The summed E-state index contributed by atoms with van der Waals surface area (Å²) in [6.45, 7) is 0.514. The summed E-state index contributed by atoms with van der Waals surface area (Å²) >= 11 is 3.32. The Balaban J connectivity index is 2.12. The van der Waals surface area contributed by atoms with E-state index in [2.05, 4.69) is 27.3 Å². The summed E-state index contributed by atoms with van der Waals surface area (Å²) < 4.78 is 23.6. The number of sulfone groups is 1. The summed E-state index contributed by atoms with van der Waals surface area (Å²) in [6, 6.07) is 14.2. The van der Waals surface area contributed by atoms with Crippen LogP contribution in [0.1, 0.15) is 11.1 Å². The van der Waals surface area contributed by atoms with Crippen molar-refractivity contribution in [3.8, 4) is 6.07 Å². The molecule has 0 aromatic heterocycles. The molecule has 2 aromatic rings. The minimum atomic E-state index is -3.17. The fraction of sp³-hybridized carbons (Fsp3) is 0.133. The van der Waals surface area contributed by atoms with Gasteiger partial charge < -0.3 is 5.32 Å². The Hall–Kier alpha value is -1.84. The lowest BCUT2D eigenvalue weighted by atomic mass is 10.1. The molecule has 21 heavy (non-hydrogen) atoms. The van der Waals surface area contributed by atoms with E-state index < -0.39 is 9.84 Å². The van der Waals surface area contributed by atoms with Gasteiger partial charge in [-0.15, -0.1) is 0 Å². The molecule has 0 saturated carbocycles. The molecule has 0 radical (unpaired) electrons. The van der Waals surface area contributed by atoms with Gasteiger partial charge in [-0.1, -0.05) is 28.1 Å². The number of hydrogen-bond acceptors (Lipinski definition) is 4. The van der Waals surface area contributed by atoms with Gasteiger partial charge in [-0.05, 0) is 35.9 Å². The summed E-state index contributed by atoms with van der Waals surface area (Å²) in [4.78, 5) is 0.299. The lowest BCUT2D eigenvalue weighted by Gasteiger charge is -2.09. The SMILES string of the molecule is CS(=O)(=O)c1ccc(CNc2ccc(Br)cc2C#N)cc1. The van der Waals surface area contributed by atoms with Crippen molar-refractivity contribution < 1.29 is 8.42 Å². The molecule has 0 aliphatic carbocycles. The van der Waals surface area contributed by atoms with Gasteiger partial charge in [0.05, 0.1) is 16.1 Å². The summed E-state index contributed by atoms with van der Waals surface area (Å²) in [7, 11) is -3.17. The smallest absolute Gasteiger partial charge is 0.175 e. The Labute approximate surface area is 132 Å². The number of hydrogen-bond donors (Lipinski definition) is 1. The van der Waals surface area contributed by atoms with Crippen molar-refractivity contribution in [1.29, 1.82) is 5.26 Å². The molecule has 0 aliphatic heterocycles. The van der Waals surface area contributed by atoms with Crippen LogP contribution in [0.2, 0.25) is 0 Å². The molecule has 0 aliphatic rings. The first-order valence-corrected chi connectivity index (χ1v) is 8.81. The van der Waals surface area contributed by atoms with Crippen molar-refractivity contribution in [2.45, 2.75) is 11.4 Å². The van der Waals surface area contributed by atoms with Crippen molar-refractivity contribution in [2.24, 2.45) is 0 Å². The maximum atomic E-state index is 11.4. The molecule has 0 bridgehead atoms. The molecule has 0 saturated heterocycles. The second kappa shape index (κ2) is 6.29. The molecule has 0 heterocycles. The summed E-state index contributed by atoms with van der Waals surface area (Å²) in [6.07, 6.45) is 1.18. The molecule has 0 amide bonds. The van der Waals surface area contributed by atoms with Gasteiger partial charge in [0, 0.05) is 17.3 Å². The van der Waals surface area contributed by atoms with Crippen molar-refractivity contribution >= 4 is 31.5 Å². The zero-order valence-corrected chi connectivity index (χ0v) is 13.7. The van der Waals surface area contributed by atoms with E-state index >= 15 is 0 Å². The molecule has 2 aromatic carbocycles. The van der Waals surface area contributed by atoms with Crippen LogP contribution in [0.15, 0.2) is 51.8 Å². The van der Waals surface area contributed by atoms with Crippen molar-refractivity contribution in [1.82, 2.24) is 0 Å². The topological polar surface area (TPSA) is 70.0 Å². The minimum absolute atomic E-state index is 0.299. The first-order valence-electron chi connectivity index (χ1n) is 6.12. The zero-order chi connectivity index (χ0) is 15.5. The van der Waals surface area contributed by atoms with E-state index in [1.165, 1.54) is 6.26 Å². The zero-order valence-electron chi connectivity index (χ0n) is 11.3. The van der Waals surface area contributed by atoms with Crippen LogP contribution in [-0.4, -0.2) is 14.7 Å². The van der Waals surface area contributed by atoms with Gasteiger partial charge >= 0.3 is 0 Å².